The summed E-state index contributed by atoms with van der Waals surface area (Å²) in [6.07, 6.45) is 24.3. The summed E-state index contributed by atoms with van der Waals surface area (Å²) in [6, 6.07) is 0. The van der Waals surface area contributed by atoms with Crippen molar-refractivity contribution in [1.82, 2.24) is 5.32 Å². The molecule has 0 spiro atoms. The van der Waals surface area contributed by atoms with Crippen molar-refractivity contribution in [3.05, 3.63) is 23.8 Å². The van der Waals surface area contributed by atoms with Crippen LogP contribution in [0.1, 0.15) is 33.1 Å². The van der Waals surface area contributed by atoms with Gasteiger partial charge in [0.05, 0.1) is 6.42 Å². The molecule has 3 heteroatoms. The first kappa shape index (κ1) is 22.2. The van der Waals surface area contributed by atoms with Gasteiger partial charge in [-0.25, -0.2) is 0 Å². The van der Waals surface area contributed by atoms with Crippen molar-refractivity contribution >= 4 is 5.97 Å². The predicted octanol–water partition coefficient (Wildman–Crippen LogP) is 2.85. The van der Waals surface area contributed by atoms with Gasteiger partial charge in [-0.3, -0.25) is 4.79 Å². The van der Waals surface area contributed by atoms with Crippen molar-refractivity contribution in [3.63, 3.8) is 0 Å². The summed E-state index contributed by atoms with van der Waals surface area (Å²) in [5.41, 5.74) is 0.843. The molecular formula is C16H25NO2. The van der Waals surface area contributed by atoms with E-state index in [0.29, 0.717) is 0 Å². The molecule has 106 valence electrons. The van der Waals surface area contributed by atoms with E-state index in [4.69, 9.17) is 5.11 Å². The van der Waals surface area contributed by atoms with Crippen LogP contribution in [0.25, 0.3) is 0 Å². The molecule has 1 aliphatic rings. The minimum Gasteiger partial charge on any atom is -0.481 e. The summed E-state index contributed by atoms with van der Waals surface area (Å²) in [6.45, 7) is 6.20. The van der Waals surface area contributed by atoms with Crippen LogP contribution in [0.15, 0.2) is 23.8 Å². The van der Waals surface area contributed by atoms with Crippen molar-refractivity contribution in [2.75, 3.05) is 13.1 Å². The molecule has 0 bridgehead atoms. The van der Waals surface area contributed by atoms with E-state index in [9.17, 15) is 4.79 Å². The van der Waals surface area contributed by atoms with Crippen molar-refractivity contribution in [2.45, 2.75) is 33.1 Å². The summed E-state index contributed by atoms with van der Waals surface area (Å²) < 4.78 is 0. The van der Waals surface area contributed by atoms with E-state index >= 15 is 0 Å². The maximum Gasteiger partial charge on any atom is 0.307 e. The second-order valence-electron chi connectivity index (χ2n) is 3.39. The average molecular weight is 263 g/mol. The monoisotopic (exact) mass is 263 g/mol. The Kier molecular flexibility index (Phi) is 25.0. The maximum atomic E-state index is 10.2. The van der Waals surface area contributed by atoms with Gasteiger partial charge in [0.2, 0.25) is 0 Å². The van der Waals surface area contributed by atoms with Crippen molar-refractivity contribution in [1.29, 1.82) is 0 Å². The molecule has 1 saturated heterocycles. The molecule has 0 atom stereocenters. The van der Waals surface area contributed by atoms with Gasteiger partial charge in [-0.1, -0.05) is 18.2 Å². The van der Waals surface area contributed by atoms with Gasteiger partial charge < -0.3 is 10.4 Å². The fourth-order valence-electron chi connectivity index (χ4n) is 1.27. The number of hydrogen-bond acceptors (Lipinski definition) is 2. The van der Waals surface area contributed by atoms with E-state index in [1.54, 1.807) is 12.2 Å². The van der Waals surface area contributed by atoms with Gasteiger partial charge in [-0.15, -0.1) is 25.7 Å². The second-order valence-corrected chi connectivity index (χ2v) is 3.39. The lowest BCUT2D eigenvalue weighted by Gasteiger charge is -1.93. The molecule has 0 saturated carbocycles. The first-order valence-electron chi connectivity index (χ1n) is 6.07. The standard InChI is InChI=1S/C8H12O2.C4H9N.2C2H2/c1-3-5-7(4-2)6-8(9)10;1-2-4-5-3-1;2*1-2/h3-5H,6H2,1-2H3,(H,9,10);5H,1-4H2;2*1-2H/b5-3-,7-4+;;;. The van der Waals surface area contributed by atoms with E-state index in [1.165, 1.54) is 25.9 Å². The fourth-order valence-corrected chi connectivity index (χ4v) is 1.27. The molecule has 2 N–H and O–H groups in total. The lowest BCUT2D eigenvalue weighted by molar-refractivity contribution is -0.136. The Hall–Kier alpha value is -1.97. The van der Waals surface area contributed by atoms with Crippen LogP contribution in [0.4, 0.5) is 0 Å². The van der Waals surface area contributed by atoms with Crippen LogP contribution in [0.2, 0.25) is 0 Å². The Morgan fingerprint density at radius 2 is 1.63 bits per heavy atom. The van der Waals surface area contributed by atoms with Gasteiger partial charge >= 0.3 is 5.97 Å². The number of carbonyl (C=O) groups is 1. The zero-order valence-electron chi connectivity index (χ0n) is 11.9. The molecule has 0 radical (unpaired) electrons. The third kappa shape index (κ3) is 21.8. The molecule has 1 heterocycles. The average Bonchev–Trinajstić information content (AvgIpc) is 3.01. The Labute approximate surface area is 117 Å². The number of allylic oxidation sites excluding steroid dienone is 3. The van der Waals surface area contributed by atoms with Crippen LogP contribution < -0.4 is 5.32 Å². The summed E-state index contributed by atoms with van der Waals surface area (Å²) in [5.74, 6) is -0.786. The van der Waals surface area contributed by atoms with Gasteiger partial charge in [-0.05, 0) is 45.4 Å². The minimum absolute atomic E-state index is 0.112. The molecule has 1 rings (SSSR count). The van der Waals surface area contributed by atoms with Gasteiger partial charge in [0.15, 0.2) is 0 Å². The topological polar surface area (TPSA) is 49.3 Å². The van der Waals surface area contributed by atoms with Crippen LogP contribution in [0.3, 0.4) is 0 Å². The number of nitrogens with one attached hydrogen (secondary N) is 1. The van der Waals surface area contributed by atoms with Gasteiger partial charge in [-0.2, -0.15) is 0 Å². The van der Waals surface area contributed by atoms with Crippen molar-refractivity contribution in [3.8, 4) is 25.7 Å². The van der Waals surface area contributed by atoms with Crippen molar-refractivity contribution < 1.29 is 9.90 Å². The number of terminal acetylenes is 2. The minimum atomic E-state index is -0.786. The number of carboxylic acids is 1. The lowest BCUT2D eigenvalue weighted by atomic mass is 10.2. The zero-order chi connectivity index (χ0) is 15.5. The SMILES string of the molecule is C#C.C#C.C/C=C\C(=C/C)CC(=O)O.C1CCNC1. The second kappa shape index (κ2) is 21.3. The predicted molar refractivity (Wildman–Crippen MR) is 82.7 cm³/mol. The lowest BCUT2D eigenvalue weighted by Crippen LogP contribution is -2.03. The number of carboxylic acid groups (broad SMARTS) is 1. The normalized spacial score (nSPS) is 13.1. The van der Waals surface area contributed by atoms with Crippen LogP contribution >= 0.6 is 0 Å². The zero-order valence-corrected chi connectivity index (χ0v) is 11.9. The summed E-state index contributed by atoms with van der Waals surface area (Å²) in [5, 5.41) is 11.6. The molecule has 3 nitrogen and oxygen atoms in total. The quantitative estimate of drug-likeness (QED) is 0.608. The summed E-state index contributed by atoms with van der Waals surface area (Å²) >= 11 is 0. The number of aliphatic carboxylic acids is 1. The van der Waals surface area contributed by atoms with Crippen LogP contribution in [0, 0.1) is 25.7 Å². The van der Waals surface area contributed by atoms with Gasteiger partial charge in [0, 0.05) is 0 Å². The highest BCUT2D eigenvalue weighted by molar-refractivity contribution is 5.70. The smallest absolute Gasteiger partial charge is 0.307 e. The van der Waals surface area contributed by atoms with E-state index in [0.717, 1.165) is 5.57 Å². The third-order valence-corrected chi connectivity index (χ3v) is 2.06. The van der Waals surface area contributed by atoms with Crippen LogP contribution in [-0.4, -0.2) is 24.2 Å². The third-order valence-electron chi connectivity index (χ3n) is 2.06. The number of rotatable bonds is 3. The molecule has 0 aromatic rings. The van der Waals surface area contributed by atoms with E-state index in [1.807, 2.05) is 19.9 Å². The molecule has 0 aromatic heterocycles. The molecule has 19 heavy (non-hydrogen) atoms. The molecule has 1 aliphatic heterocycles. The number of hydrogen-bond donors (Lipinski definition) is 2. The largest absolute Gasteiger partial charge is 0.481 e. The van der Waals surface area contributed by atoms with Crippen molar-refractivity contribution in [2.24, 2.45) is 0 Å². The van der Waals surface area contributed by atoms with Crippen LogP contribution in [0.5, 0.6) is 0 Å². The molecule has 0 unspecified atom stereocenters. The molecular weight excluding hydrogens is 238 g/mol. The molecule has 0 aromatic carbocycles. The highest BCUT2D eigenvalue weighted by atomic mass is 16.4. The summed E-state index contributed by atoms with van der Waals surface area (Å²) in [7, 11) is 0. The Morgan fingerprint density at radius 1 is 1.16 bits per heavy atom. The Morgan fingerprint density at radius 3 is 1.84 bits per heavy atom. The fraction of sp³-hybridized carbons (Fsp3) is 0.438. The molecule has 0 amide bonds. The van der Waals surface area contributed by atoms with Gasteiger partial charge in [0.25, 0.3) is 0 Å². The Bertz CT molecular complexity index is 281. The highest BCUT2D eigenvalue weighted by Gasteiger charge is 1.97. The van der Waals surface area contributed by atoms with E-state index in [2.05, 4.69) is 31.0 Å². The van der Waals surface area contributed by atoms with Gasteiger partial charge in [0.1, 0.15) is 0 Å². The molecule has 1 fully saturated rings. The first-order chi connectivity index (χ1) is 9.20. The van der Waals surface area contributed by atoms with E-state index < -0.39 is 5.97 Å². The van der Waals surface area contributed by atoms with Crippen LogP contribution in [-0.2, 0) is 4.79 Å². The highest BCUT2D eigenvalue weighted by Crippen LogP contribution is 2.02. The summed E-state index contributed by atoms with van der Waals surface area (Å²) in [4.78, 5) is 10.2. The maximum absolute atomic E-state index is 10.2. The molecule has 0 aliphatic carbocycles. The Balaban J connectivity index is -0.000000236. The first-order valence-corrected chi connectivity index (χ1v) is 6.07. The van der Waals surface area contributed by atoms with E-state index in [-0.39, 0.29) is 6.42 Å².